The number of likely N-dealkylation sites (N-methyl/N-ethyl adjacent to an activating group) is 1. The Hall–Kier alpha value is -0.500. The van der Waals surface area contributed by atoms with Crippen LogP contribution in [0.5, 0.6) is 0 Å². The van der Waals surface area contributed by atoms with Crippen LogP contribution in [0.4, 0.5) is 0 Å². The normalized spacial score (nSPS) is 25.8. The average molecular weight is 197 g/mol. The zero-order chi connectivity index (χ0) is 10.8. The molecular formula is C12H23NO. The van der Waals surface area contributed by atoms with Crippen molar-refractivity contribution in [3.05, 3.63) is 11.8 Å². The lowest BCUT2D eigenvalue weighted by Crippen LogP contribution is -2.30. The van der Waals surface area contributed by atoms with Crippen molar-refractivity contribution in [3.8, 4) is 0 Å². The highest BCUT2D eigenvalue weighted by molar-refractivity contribution is 5.13. The summed E-state index contributed by atoms with van der Waals surface area (Å²) < 4.78 is 0. The van der Waals surface area contributed by atoms with E-state index in [9.17, 15) is 0 Å². The van der Waals surface area contributed by atoms with Crippen LogP contribution in [-0.4, -0.2) is 30.2 Å². The van der Waals surface area contributed by atoms with Gasteiger partial charge in [0.25, 0.3) is 0 Å². The summed E-state index contributed by atoms with van der Waals surface area (Å²) >= 11 is 0. The van der Waals surface area contributed by atoms with Crippen molar-refractivity contribution in [2.45, 2.75) is 33.6 Å². The average Bonchev–Trinajstić information content (AvgIpc) is 2.10. The van der Waals surface area contributed by atoms with Crippen LogP contribution < -0.4 is 0 Å². The van der Waals surface area contributed by atoms with Gasteiger partial charge in [-0.05, 0) is 24.2 Å². The van der Waals surface area contributed by atoms with E-state index in [4.69, 9.17) is 5.11 Å². The standard InChI is InChI=1S/C12H23NO/c1-10-5-6-12(2,3)9-11(10)13(4)7-8-14/h9-10,14H,5-8H2,1-4H3. The molecule has 0 fully saturated rings. The summed E-state index contributed by atoms with van der Waals surface area (Å²) in [5.74, 6) is 0.638. The van der Waals surface area contributed by atoms with Crippen LogP contribution in [0, 0.1) is 11.3 Å². The summed E-state index contributed by atoms with van der Waals surface area (Å²) in [5.41, 5.74) is 1.72. The summed E-state index contributed by atoms with van der Waals surface area (Å²) in [4.78, 5) is 2.19. The first kappa shape index (κ1) is 11.6. The van der Waals surface area contributed by atoms with Gasteiger partial charge in [0, 0.05) is 19.3 Å². The van der Waals surface area contributed by atoms with Gasteiger partial charge in [-0.15, -0.1) is 0 Å². The molecule has 0 radical (unpaired) electrons. The molecule has 0 aromatic heterocycles. The van der Waals surface area contributed by atoms with Crippen LogP contribution in [-0.2, 0) is 0 Å². The molecule has 1 N–H and O–H groups in total. The Kier molecular flexibility index (Phi) is 3.59. The van der Waals surface area contributed by atoms with Crippen molar-refractivity contribution >= 4 is 0 Å². The second-order valence-corrected chi connectivity index (χ2v) is 5.14. The summed E-state index contributed by atoms with van der Waals surface area (Å²) in [7, 11) is 2.07. The maximum absolute atomic E-state index is 8.91. The molecule has 1 unspecified atom stereocenters. The van der Waals surface area contributed by atoms with E-state index in [1.807, 2.05) is 0 Å². The number of aliphatic hydroxyl groups is 1. The minimum absolute atomic E-state index is 0.237. The second-order valence-electron chi connectivity index (χ2n) is 5.14. The minimum atomic E-state index is 0.237. The molecule has 0 bridgehead atoms. The van der Waals surface area contributed by atoms with E-state index in [2.05, 4.69) is 38.8 Å². The number of nitrogens with zero attached hydrogens (tertiary/aromatic N) is 1. The molecule has 82 valence electrons. The van der Waals surface area contributed by atoms with E-state index < -0.39 is 0 Å². The number of allylic oxidation sites excluding steroid dienone is 2. The molecule has 1 atom stereocenters. The highest BCUT2D eigenvalue weighted by atomic mass is 16.3. The Morgan fingerprint density at radius 1 is 1.57 bits per heavy atom. The molecule has 1 aliphatic rings. The first-order valence-corrected chi connectivity index (χ1v) is 5.51. The highest BCUT2D eigenvalue weighted by Gasteiger charge is 2.26. The van der Waals surface area contributed by atoms with Crippen LogP contribution in [0.15, 0.2) is 11.8 Å². The molecule has 0 amide bonds. The first-order valence-electron chi connectivity index (χ1n) is 5.51. The van der Waals surface area contributed by atoms with E-state index in [0.717, 1.165) is 6.54 Å². The lowest BCUT2D eigenvalue weighted by atomic mass is 9.77. The lowest BCUT2D eigenvalue weighted by molar-refractivity contribution is 0.220. The van der Waals surface area contributed by atoms with Gasteiger partial charge in [-0.2, -0.15) is 0 Å². The number of hydrogen-bond acceptors (Lipinski definition) is 2. The van der Waals surface area contributed by atoms with E-state index in [0.29, 0.717) is 11.3 Å². The topological polar surface area (TPSA) is 23.5 Å². The Bertz CT molecular complexity index is 220. The molecule has 14 heavy (non-hydrogen) atoms. The molecule has 0 saturated carbocycles. The molecule has 0 saturated heterocycles. The number of rotatable bonds is 3. The molecule has 0 heterocycles. The maximum atomic E-state index is 8.91. The van der Waals surface area contributed by atoms with Crippen LogP contribution >= 0.6 is 0 Å². The Balaban J connectivity index is 2.77. The lowest BCUT2D eigenvalue weighted by Gasteiger charge is -2.36. The smallest absolute Gasteiger partial charge is 0.0606 e. The largest absolute Gasteiger partial charge is 0.395 e. The molecule has 2 heteroatoms. The number of aliphatic hydroxyl groups excluding tert-OH is 1. The van der Waals surface area contributed by atoms with Crippen molar-refractivity contribution in [2.75, 3.05) is 20.2 Å². The van der Waals surface area contributed by atoms with E-state index in [1.54, 1.807) is 0 Å². The predicted molar refractivity (Wildman–Crippen MR) is 60.0 cm³/mol. The molecule has 0 aromatic carbocycles. The third kappa shape index (κ3) is 2.74. The zero-order valence-electron chi connectivity index (χ0n) is 9.88. The van der Waals surface area contributed by atoms with Crippen molar-refractivity contribution in [1.82, 2.24) is 4.90 Å². The van der Waals surface area contributed by atoms with Gasteiger partial charge in [0.2, 0.25) is 0 Å². The summed E-state index contributed by atoms with van der Waals surface area (Å²) in [6.07, 6.45) is 4.90. The highest BCUT2D eigenvalue weighted by Crippen LogP contribution is 2.37. The van der Waals surface area contributed by atoms with Gasteiger partial charge in [0.05, 0.1) is 6.61 Å². The van der Waals surface area contributed by atoms with Gasteiger partial charge in [0.15, 0.2) is 0 Å². The maximum Gasteiger partial charge on any atom is 0.0606 e. The summed E-state index contributed by atoms with van der Waals surface area (Å²) in [6.45, 7) is 7.82. The van der Waals surface area contributed by atoms with E-state index >= 15 is 0 Å². The van der Waals surface area contributed by atoms with E-state index in [-0.39, 0.29) is 6.61 Å². The molecule has 0 aromatic rings. The second kappa shape index (κ2) is 4.35. The fourth-order valence-electron chi connectivity index (χ4n) is 2.12. The van der Waals surface area contributed by atoms with Crippen LogP contribution in [0.3, 0.4) is 0 Å². The van der Waals surface area contributed by atoms with Gasteiger partial charge in [-0.1, -0.05) is 26.8 Å². The van der Waals surface area contributed by atoms with Crippen molar-refractivity contribution < 1.29 is 5.11 Å². The van der Waals surface area contributed by atoms with Crippen LogP contribution in [0.2, 0.25) is 0 Å². The first-order chi connectivity index (χ1) is 6.46. The van der Waals surface area contributed by atoms with Gasteiger partial charge in [-0.25, -0.2) is 0 Å². The molecule has 1 aliphatic carbocycles. The molecular weight excluding hydrogens is 174 g/mol. The van der Waals surface area contributed by atoms with Crippen LogP contribution in [0.25, 0.3) is 0 Å². The predicted octanol–water partition coefficient (Wildman–Crippen LogP) is 2.25. The molecule has 0 aliphatic heterocycles. The summed E-state index contributed by atoms with van der Waals surface area (Å²) in [6, 6.07) is 0. The van der Waals surface area contributed by atoms with Gasteiger partial charge < -0.3 is 10.0 Å². The quantitative estimate of drug-likeness (QED) is 0.750. The van der Waals surface area contributed by atoms with E-state index in [1.165, 1.54) is 18.5 Å². The molecule has 1 rings (SSSR count). The van der Waals surface area contributed by atoms with Gasteiger partial charge in [-0.3, -0.25) is 0 Å². The zero-order valence-corrected chi connectivity index (χ0v) is 9.88. The van der Waals surface area contributed by atoms with Gasteiger partial charge >= 0.3 is 0 Å². The Morgan fingerprint density at radius 3 is 2.79 bits per heavy atom. The third-order valence-electron chi connectivity index (χ3n) is 3.14. The monoisotopic (exact) mass is 197 g/mol. The fourth-order valence-corrected chi connectivity index (χ4v) is 2.12. The Labute approximate surface area is 87.6 Å². The summed E-state index contributed by atoms with van der Waals surface area (Å²) in [5, 5.41) is 8.91. The Morgan fingerprint density at radius 2 is 2.21 bits per heavy atom. The number of hydrogen-bond donors (Lipinski definition) is 1. The van der Waals surface area contributed by atoms with Crippen molar-refractivity contribution in [1.29, 1.82) is 0 Å². The third-order valence-corrected chi connectivity index (χ3v) is 3.14. The van der Waals surface area contributed by atoms with Gasteiger partial charge in [0.1, 0.15) is 0 Å². The van der Waals surface area contributed by atoms with Crippen molar-refractivity contribution in [3.63, 3.8) is 0 Å². The molecule has 2 nitrogen and oxygen atoms in total. The molecule has 0 spiro atoms. The minimum Gasteiger partial charge on any atom is -0.395 e. The van der Waals surface area contributed by atoms with Crippen LogP contribution in [0.1, 0.15) is 33.6 Å². The van der Waals surface area contributed by atoms with Crippen molar-refractivity contribution in [2.24, 2.45) is 11.3 Å². The fraction of sp³-hybridized carbons (Fsp3) is 0.833. The SMILES string of the molecule is CC1CCC(C)(C)C=C1N(C)CCO.